The van der Waals surface area contributed by atoms with Crippen LogP contribution in [0, 0.1) is 0 Å². The second kappa shape index (κ2) is 5.32. The van der Waals surface area contributed by atoms with Gasteiger partial charge in [0.05, 0.1) is 23.9 Å². The van der Waals surface area contributed by atoms with Gasteiger partial charge in [-0.1, -0.05) is 11.3 Å². The average molecular weight is 266 g/mol. The van der Waals surface area contributed by atoms with E-state index in [0.29, 0.717) is 11.7 Å². The number of aromatic nitrogens is 1. The monoisotopic (exact) mass is 266 g/mol. The Balaban J connectivity index is 2.40. The SMILES string of the molecule is CCOc1ccc2nc(N(OC)C(C)=O)sc2c1. The second-order valence-corrected chi connectivity index (χ2v) is 4.56. The van der Waals surface area contributed by atoms with Crippen LogP contribution in [0.5, 0.6) is 5.75 Å². The van der Waals surface area contributed by atoms with Gasteiger partial charge in [0, 0.05) is 6.92 Å². The van der Waals surface area contributed by atoms with Gasteiger partial charge in [0.1, 0.15) is 5.75 Å². The number of carbonyl (C=O) groups is 1. The van der Waals surface area contributed by atoms with E-state index in [-0.39, 0.29) is 5.91 Å². The molecule has 0 aliphatic heterocycles. The molecule has 0 saturated heterocycles. The van der Waals surface area contributed by atoms with Crippen molar-refractivity contribution in [2.24, 2.45) is 0 Å². The predicted octanol–water partition coefficient (Wildman–Crippen LogP) is 2.61. The summed E-state index contributed by atoms with van der Waals surface area (Å²) in [5.74, 6) is 0.591. The van der Waals surface area contributed by atoms with Gasteiger partial charge >= 0.3 is 0 Å². The number of fused-ring (bicyclic) bond motifs is 1. The van der Waals surface area contributed by atoms with E-state index in [1.807, 2.05) is 25.1 Å². The molecule has 6 heteroatoms. The Morgan fingerprint density at radius 1 is 1.50 bits per heavy atom. The smallest absolute Gasteiger partial charge is 0.249 e. The third kappa shape index (κ3) is 2.44. The maximum absolute atomic E-state index is 11.4. The minimum Gasteiger partial charge on any atom is -0.494 e. The van der Waals surface area contributed by atoms with E-state index in [4.69, 9.17) is 9.57 Å². The first-order valence-electron chi connectivity index (χ1n) is 5.54. The lowest BCUT2D eigenvalue weighted by molar-refractivity contribution is -0.122. The maximum atomic E-state index is 11.4. The van der Waals surface area contributed by atoms with Gasteiger partial charge in [-0.2, -0.15) is 5.06 Å². The van der Waals surface area contributed by atoms with Gasteiger partial charge in [-0.25, -0.2) is 4.98 Å². The number of benzene rings is 1. The lowest BCUT2D eigenvalue weighted by Crippen LogP contribution is -2.26. The van der Waals surface area contributed by atoms with Crippen LogP contribution in [0.15, 0.2) is 18.2 Å². The number of thiazole rings is 1. The maximum Gasteiger partial charge on any atom is 0.249 e. The summed E-state index contributed by atoms with van der Waals surface area (Å²) in [6, 6.07) is 5.64. The summed E-state index contributed by atoms with van der Waals surface area (Å²) in [5.41, 5.74) is 0.821. The Labute approximate surface area is 109 Å². The van der Waals surface area contributed by atoms with Gasteiger partial charge in [0.15, 0.2) is 0 Å². The molecule has 0 atom stereocenters. The zero-order chi connectivity index (χ0) is 13.1. The van der Waals surface area contributed by atoms with Crippen LogP contribution in [0.3, 0.4) is 0 Å². The van der Waals surface area contributed by atoms with Crippen LogP contribution in [0.25, 0.3) is 10.2 Å². The molecule has 1 heterocycles. The molecular formula is C12H14N2O3S. The number of nitrogens with zero attached hydrogens (tertiary/aromatic N) is 2. The van der Waals surface area contributed by atoms with E-state index in [1.54, 1.807) is 0 Å². The third-order valence-corrected chi connectivity index (χ3v) is 3.29. The summed E-state index contributed by atoms with van der Waals surface area (Å²) >= 11 is 1.39. The predicted molar refractivity (Wildman–Crippen MR) is 71.0 cm³/mol. The number of hydroxylamine groups is 1. The van der Waals surface area contributed by atoms with Gasteiger partial charge in [-0.05, 0) is 25.1 Å². The summed E-state index contributed by atoms with van der Waals surface area (Å²) in [4.78, 5) is 20.7. The van der Waals surface area contributed by atoms with Crippen LogP contribution in [0.2, 0.25) is 0 Å². The van der Waals surface area contributed by atoms with Crippen molar-refractivity contribution in [3.8, 4) is 5.75 Å². The summed E-state index contributed by atoms with van der Waals surface area (Å²) in [7, 11) is 1.44. The standard InChI is InChI=1S/C12H14N2O3S/c1-4-17-9-5-6-10-11(7-9)18-12(13-10)14(16-3)8(2)15/h5-7H,4H2,1-3H3. The lowest BCUT2D eigenvalue weighted by atomic mass is 10.3. The van der Waals surface area contributed by atoms with E-state index in [2.05, 4.69) is 4.98 Å². The summed E-state index contributed by atoms with van der Waals surface area (Å²) < 4.78 is 6.38. The highest BCUT2D eigenvalue weighted by molar-refractivity contribution is 7.22. The molecule has 18 heavy (non-hydrogen) atoms. The first-order chi connectivity index (χ1) is 8.65. The van der Waals surface area contributed by atoms with Crippen molar-refractivity contribution >= 4 is 32.6 Å². The average Bonchev–Trinajstić information content (AvgIpc) is 2.72. The highest BCUT2D eigenvalue weighted by Gasteiger charge is 2.16. The van der Waals surface area contributed by atoms with Gasteiger partial charge in [-0.3, -0.25) is 9.63 Å². The fraction of sp³-hybridized carbons (Fsp3) is 0.333. The molecule has 0 N–H and O–H groups in total. The normalized spacial score (nSPS) is 10.6. The summed E-state index contributed by atoms with van der Waals surface area (Å²) in [5, 5.41) is 1.69. The molecule has 0 aliphatic carbocycles. The zero-order valence-corrected chi connectivity index (χ0v) is 11.3. The van der Waals surface area contributed by atoms with E-state index in [1.165, 1.54) is 30.4 Å². The molecule has 0 bridgehead atoms. The molecule has 1 aromatic heterocycles. The minimum atomic E-state index is -0.207. The van der Waals surface area contributed by atoms with Crippen LogP contribution in [-0.4, -0.2) is 24.6 Å². The van der Waals surface area contributed by atoms with Crippen molar-refractivity contribution in [2.45, 2.75) is 13.8 Å². The summed E-state index contributed by atoms with van der Waals surface area (Å²) in [6.45, 7) is 3.99. The van der Waals surface area contributed by atoms with Gasteiger partial charge in [0.2, 0.25) is 11.0 Å². The van der Waals surface area contributed by atoms with Gasteiger partial charge in [0.25, 0.3) is 0 Å². The Hall–Kier alpha value is -1.66. The number of ether oxygens (including phenoxy) is 1. The molecule has 0 fully saturated rings. The number of rotatable bonds is 4. The number of hydrogen-bond acceptors (Lipinski definition) is 5. The number of hydrogen-bond donors (Lipinski definition) is 0. The topological polar surface area (TPSA) is 51.7 Å². The highest BCUT2D eigenvalue weighted by atomic mass is 32.1. The van der Waals surface area contributed by atoms with Crippen LogP contribution >= 0.6 is 11.3 Å². The molecule has 2 aromatic rings. The van der Waals surface area contributed by atoms with E-state index >= 15 is 0 Å². The molecule has 5 nitrogen and oxygen atoms in total. The van der Waals surface area contributed by atoms with Crippen molar-refractivity contribution in [1.82, 2.24) is 4.98 Å². The van der Waals surface area contributed by atoms with Crippen molar-refractivity contribution in [3.05, 3.63) is 18.2 Å². The molecule has 0 radical (unpaired) electrons. The fourth-order valence-electron chi connectivity index (χ4n) is 1.58. The molecule has 0 aliphatic rings. The molecule has 0 saturated carbocycles. The Morgan fingerprint density at radius 2 is 2.28 bits per heavy atom. The fourth-order valence-corrected chi connectivity index (χ4v) is 2.60. The van der Waals surface area contributed by atoms with Crippen molar-refractivity contribution in [2.75, 3.05) is 18.8 Å². The molecule has 0 unspecified atom stereocenters. The van der Waals surface area contributed by atoms with Crippen LogP contribution in [-0.2, 0) is 9.63 Å². The first kappa shape index (κ1) is 12.8. The van der Waals surface area contributed by atoms with Crippen LogP contribution in [0.4, 0.5) is 5.13 Å². The first-order valence-corrected chi connectivity index (χ1v) is 6.35. The molecule has 96 valence electrons. The Morgan fingerprint density at radius 3 is 2.89 bits per heavy atom. The molecular weight excluding hydrogens is 252 g/mol. The molecule has 1 aromatic carbocycles. The third-order valence-electron chi connectivity index (χ3n) is 2.30. The largest absolute Gasteiger partial charge is 0.494 e. The Bertz CT molecular complexity index is 567. The molecule has 1 amide bonds. The lowest BCUT2D eigenvalue weighted by Gasteiger charge is -2.12. The van der Waals surface area contributed by atoms with Crippen LogP contribution < -0.4 is 9.80 Å². The molecule has 2 rings (SSSR count). The number of amides is 1. The van der Waals surface area contributed by atoms with Crippen LogP contribution in [0.1, 0.15) is 13.8 Å². The minimum absolute atomic E-state index is 0.207. The number of anilines is 1. The Kier molecular flexibility index (Phi) is 3.78. The zero-order valence-electron chi connectivity index (χ0n) is 10.5. The van der Waals surface area contributed by atoms with Crippen molar-refractivity contribution < 1.29 is 14.4 Å². The molecule has 0 spiro atoms. The highest BCUT2D eigenvalue weighted by Crippen LogP contribution is 2.31. The van der Waals surface area contributed by atoms with Crippen molar-refractivity contribution in [3.63, 3.8) is 0 Å². The van der Waals surface area contributed by atoms with E-state index in [9.17, 15) is 4.79 Å². The second-order valence-electron chi connectivity index (χ2n) is 3.55. The quantitative estimate of drug-likeness (QED) is 0.798. The van der Waals surface area contributed by atoms with E-state index < -0.39 is 0 Å². The van der Waals surface area contributed by atoms with E-state index in [0.717, 1.165) is 16.0 Å². The van der Waals surface area contributed by atoms with Gasteiger partial charge in [-0.15, -0.1) is 0 Å². The van der Waals surface area contributed by atoms with Gasteiger partial charge < -0.3 is 4.74 Å². The summed E-state index contributed by atoms with van der Waals surface area (Å²) in [6.07, 6.45) is 0. The van der Waals surface area contributed by atoms with Crippen molar-refractivity contribution in [1.29, 1.82) is 0 Å². The number of carbonyl (C=O) groups excluding carboxylic acids is 1.